The number of amides is 1. The van der Waals surface area contributed by atoms with Crippen LogP contribution in [0.4, 0.5) is 0 Å². The second-order valence-corrected chi connectivity index (χ2v) is 5.86. The normalized spacial score (nSPS) is 22.4. The molecule has 0 unspecified atom stereocenters. The maximum Gasteiger partial charge on any atom is 0.237 e. The van der Waals surface area contributed by atoms with Crippen molar-refractivity contribution in [1.29, 1.82) is 0 Å². The zero-order valence-electron chi connectivity index (χ0n) is 13.1. The number of benzene rings is 1. The van der Waals surface area contributed by atoms with Crippen LogP contribution in [0.2, 0.25) is 0 Å². The number of hydrogen-bond donors (Lipinski definition) is 3. The van der Waals surface area contributed by atoms with E-state index in [9.17, 15) is 9.90 Å². The average Bonchev–Trinajstić information content (AvgIpc) is 2.49. The number of methoxy groups -OCH3 is 1. The van der Waals surface area contributed by atoms with Gasteiger partial charge < -0.3 is 9.84 Å². The van der Waals surface area contributed by atoms with Crippen molar-refractivity contribution in [1.82, 2.24) is 5.43 Å². The van der Waals surface area contributed by atoms with E-state index in [0.717, 1.165) is 35.3 Å². The van der Waals surface area contributed by atoms with Gasteiger partial charge in [0.15, 0.2) is 0 Å². The number of carbonyl (C=O) groups is 1. The highest BCUT2D eigenvalue weighted by Crippen LogP contribution is 2.43. The number of nitrogens with two attached hydrogens (primary N) is 1. The van der Waals surface area contributed by atoms with E-state index >= 15 is 0 Å². The lowest BCUT2D eigenvalue weighted by Gasteiger charge is -2.35. The Hall–Kier alpha value is -1.59. The Kier molecular flexibility index (Phi) is 4.54. The summed E-state index contributed by atoms with van der Waals surface area (Å²) in [6.45, 7) is 5.80. The minimum atomic E-state index is -0.671. The van der Waals surface area contributed by atoms with Gasteiger partial charge in [0, 0.05) is 11.8 Å². The van der Waals surface area contributed by atoms with Crippen LogP contribution >= 0.6 is 0 Å². The Bertz CT molecular complexity index is 557. The Morgan fingerprint density at radius 1 is 1.52 bits per heavy atom. The number of nitrogens with one attached hydrogen (secondary N) is 1. The molecule has 0 bridgehead atoms. The SMILES string of the molecule is COc1cc(C)c2c(c1C)[C@H](O)[C@H]([C@H](C)C(=O)NN)CC2. The lowest BCUT2D eigenvalue weighted by Crippen LogP contribution is -2.40. The molecule has 2 rings (SSSR count). The highest BCUT2D eigenvalue weighted by Gasteiger charge is 2.36. The molecule has 21 heavy (non-hydrogen) atoms. The van der Waals surface area contributed by atoms with Crippen LogP contribution in [0, 0.1) is 25.7 Å². The summed E-state index contributed by atoms with van der Waals surface area (Å²) in [5, 5.41) is 10.8. The number of carbonyl (C=O) groups excluding carboxylic acids is 1. The number of aryl methyl sites for hydroxylation is 1. The van der Waals surface area contributed by atoms with Gasteiger partial charge in [-0.05, 0) is 55.0 Å². The van der Waals surface area contributed by atoms with Crippen molar-refractivity contribution >= 4 is 5.91 Å². The summed E-state index contributed by atoms with van der Waals surface area (Å²) in [6.07, 6.45) is 0.959. The molecule has 0 spiro atoms. The van der Waals surface area contributed by atoms with Crippen LogP contribution in [0.15, 0.2) is 6.07 Å². The predicted octanol–water partition coefficient (Wildman–Crippen LogP) is 1.53. The van der Waals surface area contributed by atoms with Crippen molar-refractivity contribution in [3.8, 4) is 5.75 Å². The van der Waals surface area contributed by atoms with E-state index in [2.05, 4.69) is 5.43 Å². The largest absolute Gasteiger partial charge is 0.496 e. The highest BCUT2D eigenvalue weighted by atomic mass is 16.5. The molecule has 1 aromatic rings. The minimum absolute atomic E-state index is 0.133. The zero-order chi connectivity index (χ0) is 15.7. The van der Waals surface area contributed by atoms with Crippen LogP contribution in [0.1, 0.15) is 41.7 Å². The smallest absolute Gasteiger partial charge is 0.237 e. The summed E-state index contributed by atoms with van der Waals surface area (Å²) < 4.78 is 5.39. The third-order valence-corrected chi connectivity index (χ3v) is 4.77. The van der Waals surface area contributed by atoms with Crippen LogP contribution in [0.3, 0.4) is 0 Å². The number of aliphatic hydroxyl groups is 1. The first-order chi connectivity index (χ1) is 9.92. The molecule has 1 amide bonds. The van der Waals surface area contributed by atoms with Crippen LogP contribution in [-0.4, -0.2) is 18.1 Å². The number of rotatable bonds is 3. The Morgan fingerprint density at radius 2 is 2.19 bits per heavy atom. The summed E-state index contributed by atoms with van der Waals surface area (Å²) in [7, 11) is 1.63. The van der Waals surface area contributed by atoms with E-state index in [1.54, 1.807) is 7.11 Å². The number of hydrazine groups is 1. The van der Waals surface area contributed by atoms with E-state index in [1.807, 2.05) is 26.8 Å². The third-order valence-electron chi connectivity index (χ3n) is 4.77. The second-order valence-electron chi connectivity index (χ2n) is 5.86. The van der Waals surface area contributed by atoms with Gasteiger partial charge in [-0.2, -0.15) is 0 Å². The van der Waals surface area contributed by atoms with Gasteiger partial charge in [0.2, 0.25) is 5.91 Å². The fourth-order valence-electron chi connectivity index (χ4n) is 3.44. The molecule has 0 saturated carbocycles. The van der Waals surface area contributed by atoms with Crippen molar-refractivity contribution in [3.05, 3.63) is 28.3 Å². The Balaban J connectivity index is 2.45. The van der Waals surface area contributed by atoms with Crippen LogP contribution < -0.4 is 16.0 Å². The fourth-order valence-corrected chi connectivity index (χ4v) is 3.44. The van der Waals surface area contributed by atoms with E-state index < -0.39 is 6.10 Å². The molecule has 1 aliphatic rings. The molecular weight excluding hydrogens is 268 g/mol. The maximum atomic E-state index is 11.8. The number of aliphatic hydroxyl groups excluding tert-OH is 1. The molecule has 4 N–H and O–H groups in total. The third kappa shape index (κ3) is 2.63. The van der Waals surface area contributed by atoms with E-state index in [-0.39, 0.29) is 17.7 Å². The first-order valence-corrected chi connectivity index (χ1v) is 7.27. The molecule has 0 fully saturated rings. The van der Waals surface area contributed by atoms with Gasteiger partial charge in [0.25, 0.3) is 0 Å². The van der Waals surface area contributed by atoms with E-state index in [4.69, 9.17) is 10.6 Å². The van der Waals surface area contributed by atoms with Crippen molar-refractivity contribution in [3.63, 3.8) is 0 Å². The van der Waals surface area contributed by atoms with Gasteiger partial charge in [-0.25, -0.2) is 5.84 Å². The molecule has 0 aromatic heterocycles. The maximum absolute atomic E-state index is 11.8. The van der Waals surface area contributed by atoms with Crippen molar-refractivity contribution in [2.24, 2.45) is 17.7 Å². The van der Waals surface area contributed by atoms with Gasteiger partial charge in [0.05, 0.1) is 13.2 Å². The van der Waals surface area contributed by atoms with Crippen LogP contribution in [0.25, 0.3) is 0 Å². The Labute approximate surface area is 125 Å². The fraction of sp³-hybridized carbons (Fsp3) is 0.562. The van der Waals surface area contributed by atoms with E-state index in [1.165, 1.54) is 5.56 Å². The summed E-state index contributed by atoms with van der Waals surface area (Å²) in [4.78, 5) is 11.8. The summed E-state index contributed by atoms with van der Waals surface area (Å²) in [5.41, 5.74) is 6.36. The topological polar surface area (TPSA) is 84.6 Å². The monoisotopic (exact) mass is 292 g/mol. The second kappa shape index (κ2) is 6.03. The van der Waals surface area contributed by atoms with Gasteiger partial charge in [0.1, 0.15) is 5.75 Å². The van der Waals surface area contributed by atoms with Gasteiger partial charge in [-0.15, -0.1) is 0 Å². The van der Waals surface area contributed by atoms with Gasteiger partial charge in [-0.3, -0.25) is 10.2 Å². The van der Waals surface area contributed by atoms with Crippen molar-refractivity contribution in [2.45, 2.75) is 39.7 Å². The lowest BCUT2D eigenvalue weighted by molar-refractivity contribution is -0.128. The molecular formula is C16H24N2O3. The number of hydrogen-bond acceptors (Lipinski definition) is 4. The molecule has 3 atom stereocenters. The predicted molar refractivity (Wildman–Crippen MR) is 80.7 cm³/mol. The summed E-state index contributed by atoms with van der Waals surface area (Å²) in [6, 6.07) is 2.01. The lowest BCUT2D eigenvalue weighted by atomic mass is 9.73. The highest BCUT2D eigenvalue weighted by molar-refractivity contribution is 5.78. The minimum Gasteiger partial charge on any atom is -0.496 e. The molecule has 5 nitrogen and oxygen atoms in total. The molecule has 1 aliphatic carbocycles. The Morgan fingerprint density at radius 3 is 2.76 bits per heavy atom. The molecule has 1 aromatic carbocycles. The quantitative estimate of drug-likeness (QED) is 0.448. The standard InChI is InChI=1S/C16H24N2O3/c1-8-7-13(21-4)10(3)14-11(8)5-6-12(15(14)19)9(2)16(20)18-17/h7,9,12,15,19H,5-6,17H2,1-4H3,(H,18,20)/t9-,12-,15+/m0/s1. The van der Waals surface area contributed by atoms with E-state index in [0.29, 0.717) is 0 Å². The van der Waals surface area contributed by atoms with Crippen molar-refractivity contribution < 1.29 is 14.6 Å². The van der Waals surface area contributed by atoms with Gasteiger partial charge >= 0.3 is 0 Å². The average molecular weight is 292 g/mol. The molecule has 116 valence electrons. The molecule has 5 heteroatoms. The molecule has 0 heterocycles. The molecule has 0 aliphatic heterocycles. The molecule has 0 saturated heterocycles. The first kappa shape index (κ1) is 15.8. The van der Waals surface area contributed by atoms with Crippen LogP contribution in [0.5, 0.6) is 5.75 Å². The summed E-state index contributed by atoms with van der Waals surface area (Å²) >= 11 is 0. The number of ether oxygens (including phenoxy) is 1. The number of fused-ring (bicyclic) bond motifs is 1. The molecule has 0 radical (unpaired) electrons. The van der Waals surface area contributed by atoms with Crippen molar-refractivity contribution in [2.75, 3.05) is 7.11 Å². The summed E-state index contributed by atoms with van der Waals surface area (Å²) in [5.74, 6) is 5.30. The first-order valence-electron chi connectivity index (χ1n) is 7.27. The van der Waals surface area contributed by atoms with Crippen LogP contribution in [-0.2, 0) is 11.2 Å². The zero-order valence-corrected chi connectivity index (χ0v) is 13.1. The van der Waals surface area contributed by atoms with Gasteiger partial charge in [-0.1, -0.05) is 6.92 Å².